The molecular weight excluding hydrogens is 422 g/mol. The van der Waals surface area contributed by atoms with Gasteiger partial charge in [0.05, 0.1) is 6.61 Å². The van der Waals surface area contributed by atoms with Gasteiger partial charge in [-0.25, -0.2) is 4.79 Å². The third kappa shape index (κ3) is 8.43. The molecule has 0 aromatic heterocycles. The molecule has 8 nitrogen and oxygen atoms in total. The predicted molar refractivity (Wildman–Crippen MR) is 127 cm³/mol. The van der Waals surface area contributed by atoms with Gasteiger partial charge in [-0.3, -0.25) is 9.59 Å². The molecule has 182 valence electrons. The van der Waals surface area contributed by atoms with Crippen LogP contribution in [0.1, 0.15) is 72.6 Å². The van der Waals surface area contributed by atoms with Crippen LogP contribution in [-0.4, -0.2) is 57.7 Å². The van der Waals surface area contributed by atoms with Gasteiger partial charge >= 0.3 is 6.09 Å². The number of hydrogen-bond donors (Lipinski definition) is 3. The fraction of sp³-hybridized carbons (Fsp3) is 0.560. The van der Waals surface area contributed by atoms with E-state index in [1.807, 2.05) is 20.8 Å². The molecule has 2 unspecified atom stereocenters. The first-order valence-electron chi connectivity index (χ1n) is 10.9. The second-order valence-corrected chi connectivity index (χ2v) is 10.1. The SMILES string of the molecule is C#Cc1ccccc1C(C(=O)NC(C)(C)C)N(C(=O)C(CO)NC(=O)OC(C)(C)C)C(C)C. The Hall–Kier alpha value is -3.05. The van der Waals surface area contributed by atoms with E-state index in [0.717, 1.165) is 0 Å². The van der Waals surface area contributed by atoms with Gasteiger partial charge in [0.2, 0.25) is 11.8 Å². The molecule has 1 aromatic rings. The van der Waals surface area contributed by atoms with Crippen LogP contribution in [0.4, 0.5) is 4.79 Å². The minimum absolute atomic E-state index is 0.429. The minimum atomic E-state index is -1.31. The van der Waals surface area contributed by atoms with Crippen LogP contribution in [0.5, 0.6) is 0 Å². The zero-order valence-electron chi connectivity index (χ0n) is 20.9. The minimum Gasteiger partial charge on any atom is -0.444 e. The zero-order chi connectivity index (χ0) is 25.6. The Balaban J connectivity index is 3.49. The molecule has 0 aliphatic heterocycles. The molecule has 2 atom stereocenters. The molecule has 1 aromatic carbocycles. The standard InChI is InChI=1S/C25H37N3O5/c1-10-17-13-11-12-14-18(17)20(21(30)27-24(4,5)6)28(16(2)3)22(31)19(15-29)26-23(32)33-25(7,8)9/h1,11-14,16,19-20,29H,15H2,2-9H3,(H,26,32)(H,27,30). The molecule has 0 aliphatic rings. The smallest absolute Gasteiger partial charge is 0.408 e. The van der Waals surface area contributed by atoms with Gasteiger partial charge in [0.25, 0.3) is 0 Å². The lowest BCUT2D eigenvalue weighted by Crippen LogP contribution is -2.57. The highest BCUT2D eigenvalue weighted by Gasteiger charge is 2.39. The van der Waals surface area contributed by atoms with Crippen LogP contribution in [0.2, 0.25) is 0 Å². The maximum atomic E-state index is 13.6. The Morgan fingerprint density at radius 1 is 1.12 bits per heavy atom. The van der Waals surface area contributed by atoms with E-state index < -0.39 is 53.8 Å². The fourth-order valence-corrected chi connectivity index (χ4v) is 3.22. The van der Waals surface area contributed by atoms with Crippen molar-refractivity contribution in [2.45, 2.75) is 84.7 Å². The van der Waals surface area contributed by atoms with Crippen LogP contribution in [-0.2, 0) is 14.3 Å². The van der Waals surface area contributed by atoms with E-state index >= 15 is 0 Å². The van der Waals surface area contributed by atoms with E-state index in [1.54, 1.807) is 58.9 Å². The summed E-state index contributed by atoms with van der Waals surface area (Å²) in [5, 5.41) is 15.2. The average molecular weight is 460 g/mol. The summed E-state index contributed by atoms with van der Waals surface area (Å²) in [6, 6.07) is 4.01. The first-order chi connectivity index (χ1) is 15.1. The Kier molecular flexibility index (Phi) is 9.49. The van der Waals surface area contributed by atoms with Crippen molar-refractivity contribution in [2.75, 3.05) is 6.61 Å². The molecule has 1 rings (SSSR count). The molecule has 0 aliphatic carbocycles. The number of hydrogen-bond acceptors (Lipinski definition) is 5. The summed E-state index contributed by atoms with van der Waals surface area (Å²) in [5.74, 6) is 1.50. The highest BCUT2D eigenvalue weighted by molar-refractivity contribution is 5.93. The molecule has 8 heteroatoms. The van der Waals surface area contributed by atoms with Crippen molar-refractivity contribution >= 4 is 17.9 Å². The number of aliphatic hydroxyl groups excluding tert-OH is 1. The molecule has 0 heterocycles. The van der Waals surface area contributed by atoms with Gasteiger partial charge in [-0.2, -0.15) is 0 Å². The summed E-state index contributed by atoms with van der Waals surface area (Å²) in [4.78, 5) is 40.6. The van der Waals surface area contributed by atoms with Crippen LogP contribution in [0, 0.1) is 12.3 Å². The van der Waals surface area contributed by atoms with Gasteiger partial charge in [0, 0.05) is 17.1 Å². The lowest BCUT2D eigenvalue weighted by molar-refractivity contribution is -0.145. The lowest BCUT2D eigenvalue weighted by Gasteiger charge is -2.38. The first kappa shape index (κ1) is 28.0. The van der Waals surface area contributed by atoms with Crippen molar-refractivity contribution in [2.24, 2.45) is 0 Å². The van der Waals surface area contributed by atoms with Gasteiger partial charge < -0.3 is 25.4 Å². The number of nitrogens with zero attached hydrogens (tertiary/aromatic N) is 1. The fourth-order valence-electron chi connectivity index (χ4n) is 3.22. The monoisotopic (exact) mass is 459 g/mol. The number of ether oxygens (including phenoxy) is 1. The van der Waals surface area contributed by atoms with E-state index in [0.29, 0.717) is 11.1 Å². The molecule has 3 amide bonds. The molecule has 0 saturated heterocycles. The van der Waals surface area contributed by atoms with Crippen molar-refractivity contribution in [1.29, 1.82) is 0 Å². The Morgan fingerprint density at radius 3 is 2.15 bits per heavy atom. The second kappa shape index (κ2) is 11.2. The molecular formula is C25H37N3O5. The topological polar surface area (TPSA) is 108 Å². The maximum Gasteiger partial charge on any atom is 0.408 e. The summed E-state index contributed by atoms with van der Waals surface area (Å²) in [6.07, 6.45) is 4.83. The number of benzene rings is 1. The molecule has 0 fully saturated rings. The second-order valence-electron chi connectivity index (χ2n) is 10.1. The molecule has 0 bridgehead atoms. The Bertz CT molecular complexity index is 891. The molecule has 33 heavy (non-hydrogen) atoms. The van der Waals surface area contributed by atoms with Crippen LogP contribution in [0.15, 0.2) is 24.3 Å². The number of rotatable bonds is 7. The predicted octanol–water partition coefficient (Wildman–Crippen LogP) is 2.75. The number of terminal acetylenes is 1. The zero-order valence-corrected chi connectivity index (χ0v) is 20.9. The summed E-state index contributed by atoms with van der Waals surface area (Å²) in [6.45, 7) is 13.4. The first-order valence-corrected chi connectivity index (χ1v) is 10.9. The lowest BCUT2D eigenvalue weighted by atomic mass is 9.95. The quantitative estimate of drug-likeness (QED) is 0.544. The van der Waals surface area contributed by atoms with Gasteiger partial charge in [-0.05, 0) is 67.0 Å². The van der Waals surface area contributed by atoms with Gasteiger partial charge in [0.15, 0.2) is 0 Å². The molecule has 3 N–H and O–H groups in total. The Morgan fingerprint density at radius 2 is 1.70 bits per heavy atom. The number of carbonyl (C=O) groups excluding carboxylic acids is 3. The van der Waals surface area contributed by atoms with E-state index in [2.05, 4.69) is 16.6 Å². The van der Waals surface area contributed by atoms with Crippen molar-refractivity contribution in [1.82, 2.24) is 15.5 Å². The van der Waals surface area contributed by atoms with E-state index in [9.17, 15) is 19.5 Å². The maximum absolute atomic E-state index is 13.6. The number of aliphatic hydroxyl groups is 1. The van der Waals surface area contributed by atoms with Crippen molar-refractivity contribution in [3.8, 4) is 12.3 Å². The highest BCUT2D eigenvalue weighted by Crippen LogP contribution is 2.28. The van der Waals surface area contributed by atoms with E-state index in [4.69, 9.17) is 11.2 Å². The number of alkyl carbamates (subject to hydrolysis) is 1. The third-order valence-electron chi connectivity index (χ3n) is 4.42. The number of carbonyl (C=O) groups is 3. The van der Waals surface area contributed by atoms with Gasteiger partial charge in [0.1, 0.15) is 17.7 Å². The van der Waals surface area contributed by atoms with Crippen LogP contribution in [0.25, 0.3) is 0 Å². The van der Waals surface area contributed by atoms with E-state index in [-0.39, 0.29) is 0 Å². The van der Waals surface area contributed by atoms with Crippen LogP contribution in [0.3, 0.4) is 0 Å². The highest BCUT2D eigenvalue weighted by atomic mass is 16.6. The summed E-state index contributed by atoms with van der Waals surface area (Å²) >= 11 is 0. The molecule has 0 radical (unpaired) electrons. The molecule has 0 spiro atoms. The van der Waals surface area contributed by atoms with Gasteiger partial charge in [-0.1, -0.05) is 24.1 Å². The third-order valence-corrected chi connectivity index (χ3v) is 4.42. The van der Waals surface area contributed by atoms with Crippen LogP contribution >= 0.6 is 0 Å². The van der Waals surface area contributed by atoms with E-state index in [1.165, 1.54) is 4.90 Å². The largest absolute Gasteiger partial charge is 0.444 e. The normalized spacial score (nSPS) is 13.5. The molecule has 0 saturated carbocycles. The summed E-state index contributed by atoms with van der Waals surface area (Å²) in [7, 11) is 0. The van der Waals surface area contributed by atoms with Gasteiger partial charge in [-0.15, -0.1) is 6.42 Å². The van der Waals surface area contributed by atoms with Crippen LogP contribution < -0.4 is 10.6 Å². The Labute approximate surface area is 197 Å². The van der Waals surface area contributed by atoms with Crippen molar-refractivity contribution in [3.63, 3.8) is 0 Å². The van der Waals surface area contributed by atoms with Crippen molar-refractivity contribution < 1.29 is 24.2 Å². The number of amides is 3. The number of nitrogens with one attached hydrogen (secondary N) is 2. The summed E-state index contributed by atoms with van der Waals surface area (Å²) < 4.78 is 5.22. The summed E-state index contributed by atoms with van der Waals surface area (Å²) in [5.41, 5.74) is -0.424. The van der Waals surface area contributed by atoms with Crippen molar-refractivity contribution in [3.05, 3.63) is 35.4 Å². The average Bonchev–Trinajstić information content (AvgIpc) is 2.66.